The van der Waals surface area contributed by atoms with Crippen LogP contribution in [0.5, 0.6) is 5.75 Å². The number of aromatic nitrogens is 4. The summed E-state index contributed by atoms with van der Waals surface area (Å²) in [6.45, 7) is 2.88. The van der Waals surface area contributed by atoms with Crippen molar-refractivity contribution in [3.05, 3.63) is 59.9 Å². The number of nitrogens with one attached hydrogen (secondary N) is 2. The van der Waals surface area contributed by atoms with Crippen molar-refractivity contribution in [3.8, 4) is 28.4 Å². The Morgan fingerprint density at radius 2 is 2.03 bits per heavy atom. The van der Waals surface area contributed by atoms with Gasteiger partial charge in [-0.15, -0.1) is 0 Å². The quantitative estimate of drug-likeness (QED) is 0.415. The maximum Gasteiger partial charge on any atom is 0.211 e. The molecule has 3 N–H and O–H groups in total. The van der Waals surface area contributed by atoms with Gasteiger partial charge >= 0.3 is 0 Å². The number of nitrogens with zero attached hydrogens (tertiary/aromatic N) is 3. The Balaban J connectivity index is 1.46. The number of hydrogen-bond acceptors (Lipinski definition) is 5. The average Bonchev–Trinajstić information content (AvgIpc) is 3.45. The molecule has 3 heterocycles. The number of H-pyrrole nitrogens is 2. The van der Waals surface area contributed by atoms with Gasteiger partial charge in [-0.25, -0.2) is 13.4 Å². The molecule has 4 aromatic rings. The van der Waals surface area contributed by atoms with Crippen molar-refractivity contribution < 1.29 is 13.5 Å². The van der Waals surface area contributed by atoms with E-state index in [2.05, 4.69) is 28.2 Å². The molecule has 2 aromatic heterocycles. The van der Waals surface area contributed by atoms with Crippen LogP contribution in [0.1, 0.15) is 24.6 Å². The summed E-state index contributed by atoms with van der Waals surface area (Å²) in [4.78, 5) is 7.90. The van der Waals surface area contributed by atoms with Gasteiger partial charge in [-0.2, -0.15) is 9.40 Å². The highest BCUT2D eigenvalue weighted by Crippen LogP contribution is 2.32. The molecule has 0 bridgehead atoms. The Bertz CT molecular complexity index is 1480. The number of phenols is 1. The van der Waals surface area contributed by atoms with Gasteiger partial charge in [0.1, 0.15) is 11.4 Å². The molecule has 8 nitrogen and oxygen atoms in total. The van der Waals surface area contributed by atoms with Gasteiger partial charge in [0.2, 0.25) is 10.0 Å². The Kier molecular flexibility index (Phi) is 5.30. The summed E-state index contributed by atoms with van der Waals surface area (Å²) in [5.74, 6) is 0.891. The van der Waals surface area contributed by atoms with Crippen LogP contribution >= 0.6 is 0 Å². The van der Waals surface area contributed by atoms with Crippen molar-refractivity contribution in [1.29, 1.82) is 0 Å². The van der Waals surface area contributed by atoms with Crippen molar-refractivity contribution in [2.75, 3.05) is 19.3 Å². The van der Waals surface area contributed by atoms with Gasteiger partial charge in [-0.05, 0) is 59.4 Å². The third-order valence-electron chi connectivity index (χ3n) is 6.06. The van der Waals surface area contributed by atoms with Gasteiger partial charge in [0.05, 0.1) is 17.5 Å². The molecule has 0 spiro atoms. The lowest BCUT2D eigenvalue weighted by molar-refractivity contribution is 0.447. The van der Waals surface area contributed by atoms with Crippen LogP contribution in [0.15, 0.2) is 48.7 Å². The average molecular weight is 464 g/mol. The number of aromatic hydroxyl groups is 1. The maximum absolute atomic E-state index is 11.9. The van der Waals surface area contributed by atoms with Crippen molar-refractivity contribution in [3.63, 3.8) is 0 Å². The van der Waals surface area contributed by atoms with Crippen LogP contribution in [-0.2, 0) is 16.4 Å². The van der Waals surface area contributed by atoms with Crippen LogP contribution in [0.25, 0.3) is 39.1 Å². The van der Waals surface area contributed by atoms with Crippen LogP contribution in [0, 0.1) is 0 Å². The normalized spacial score (nSPS) is 15.2. The van der Waals surface area contributed by atoms with Gasteiger partial charge in [0, 0.05) is 24.7 Å². The number of aromatic amines is 2. The van der Waals surface area contributed by atoms with E-state index in [1.807, 2.05) is 24.3 Å². The minimum Gasteiger partial charge on any atom is -0.508 e. The highest BCUT2D eigenvalue weighted by atomic mass is 32.2. The molecule has 0 atom stereocenters. The number of imidazole rings is 1. The van der Waals surface area contributed by atoms with Gasteiger partial charge < -0.3 is 10.1 Å². The second kappa shape index (κ2) is 8.17. The lowest BCUT2D eigenvalue weighted by atomic mass is 9.97. The Morgan fingerprint density at radius 1 is 1.18 bits per heavy atom. The van der Waals surface area contributed by atoms with Gasteiger partial charge in [-0.3, -0.25) is 5.10 Å². The Hall–Kier alpha value is -3.43. The summed E-state index contributed by atoms with van der Waals surface area (Å²) in [5, 5.41) is 18.3. The summed E-state index contributed by atoms with van der Waals surface area (Å²) in [6, 6.07) is 11.5. The molecule has 2 aromatic carbocycles. The van der Waals surface area contributed by atoms with Gasteiger partial charge in [0.15, 0.2) is 5.82 Å². The predicted octanol–water partition coefficient (Wildman–Crippen LogP) is 3.94. The third-order valence-corrected chi connectivity index (χ3v) is 7.31. The molecule has 0 fully saturated rings. The van der Waals surface area contributed by atoms with Crippen LogP contribution < -0.4 is 0 Å². The van der Waals surface area contributed by atoms with Crippen LogP contribution in [0.2, 0.25) is 0 Å². The van der Waals surface area contributed by atoms with Crippen molar-refractivity contribution in [1.82, 2.24) is 24.5 Å². The molecule has 170 valence electrons. The van der Waals surface area contributed by atoms with Crippen LogP contribution in [-0.4, -0.2) is 57.3 Å². The number of rotatable bonds is 5. The molecule has 0 aliphatic carbocycles. The fourth-order valence-corrected chi connectivity index (χ4v) is 5.13. The first kappa shape index (κ1) is 21.4. The third kappa shape index (κ3) is 4.05. The number of benzene rings is 2. The second-order valence-corrected chi connectivity index (χ2v) is 10.3. The van der Waals surface area contributed by atoms with Crippen molar-refractivity contribution >= 4 is 26.5 Å². The summed E-state index contributed by atoms with van der Waals surface area (Å²) < 4.78 is 25.3. The molecule has 5 rings (SSSR count). The van der Waals surface area contributed by atoms with Crippen LogP contribution in [0.3, 0.4) is 0 Å². The van der Waals surface area contributed by atoms with E-state index in [-0.39, 0.29) is 5.75 Å². The largest absolute Gasteiger partial charge is 0.508 e. The topological polar surface area (TPSA) is 115 Å². The molecule has 0 amide bonds. The first-order chi connectivity index (χ1) is 15.8. The van der Waals surface area contributed by atoms with E-state index in [0.717, 1.165) is 45.3 Å². The summed E-state index contributed by atoms with van der Waals surface area (Å²) in [7, 11) is -3.24. The fourth-order valence-electron chi connectivity index (χ4n) is 4.31. The zero-order valence-corrected chi connectivity index (χ0v) is 19.3. The highest BCUT2D eigenvalue weighted by molar-refractivity contribution is 7.88. The molecular weight excluding hydrogens is 438 g/mol. The number of sulfonamides is 1. The number of phenolic OH excluding ortho intramolecular Hbond substituents is 1. The first-order valence-corrected chi connectivity index (χ1v) is 12.7. The second-order valence-electron chi connectivity index (χ2n) is 8.28. The first-order valence-electron chi connectivity index (χ1n) is 10.8. The molecule has 1 aliphatic rings. The molecule has 0 unspecified atom stereocenters. The van der Waals surface area contributed by atoms with E-state index in [4.69, 9.17) is 4.98 Å². The molecule has 0 saturated heterocycles. The van der Waals surface area contributed by atoms with E-state index in [0.29, 0.717) is 31.0 Å². The Morgan fingerprint density at radius 3 is 2.82 bits per heavy atom. The number of fused-ring (bicyclic) bond motifs is 1. The monoisotopic (exact) mass is 463 g/mol. The van der Waals surface area contributed by atoms with Crippen molar-refractivity contribution in [2.24, 2.45) is 0 Å². The lowest BCUT2D eigenvalue weighted by Crippen LogP contribution is -2.34. The van der Waals surface area contributed by atoms with E-state index in [1.54, 1.807) is 18.3 Å². The molecule has 1 aliphatic heterocycles. The van der Waals surface area contributed by atoms with Crippen molar-refractivity contribution in [2.45, 2.75) is 19.8 Å². The number of aryl methyl sites for hydroxylation is 1. The van der Waals surface area contributed by atoms with E-state index in [9.17, 15) is 13.5 Å². The SMILES string of the molecule is CCc1cc(O)ccc1-c1ccc2c(-c3nc(C4=CCCN(S(C)(=O)=O)C4)c[nH]3)n[nH]c2c1. The van der Waals surface area contributed by atoms with E-state index >= 15 is 0 Å². The molecule has 33 heavy (non-hydrogen) atoms. The fraction of sp³-hybridized carbons (Fsp3) is 0.250. The molecule has 0 saturated carbocycles. The summed E-state index contributed by atoms with van der Waals surface area (Å²) >= 11 is 0. The minimum absolute atomic E-state index is 0.266. The molecular formula is C24H25N5O3S. The van der Waals surface area contributed by atoms with Gasteiger partial charge in [0.25, 0.3) is 0 Å². The Labute approximate surface area is 192 Å². The zero-order valence-electron chi connectivity index (χ0n) is 18.5. The predicted molar refractivity (Wildman–Crippen MR) is 129 cm³/mol. The lowest BCUT2D eigenvalue weighted by Gasteiger charge is -2.24. The zero-order chi connectivity index (χ0) is 23.2. The van der Waals surface area contributed by atoms with Gasteiger partial charge in [-0.1, -0.05) is 25.1 Å². The van der Waals surface area contributed by atoms with Crippen LogP contribution in [0.4, 0.5) is 0 Å². The highest BCUT2D eigenvalue weighted by Gasteiger charge is 2.23. The summed E-state index contributed by atoms with van der Waals surface area (Å²) in [6.07, 6.45) is 6.55. The summed E-state index contributed by atoms with van der Waals surface area (Å²) in [5.41, 5.74) is 6.40. The molecule has 0 radical (unpaired) electrons. The van der Waals surface area contributed by atoms with E-state index in [1.165, 1.54) is 10.6 Å². The maximum atomic E-state index is 11.9. The smallest absolute Gasteiger partial charge is 0.211 e. The van der Waals surface area contributed by atoms with E-state index < -0.39 is 10.0 Å². The molecule has 9 heteroatoms. The standard InChI is InChI=1S/C24H25N5O3S/c1-3-15-11-18(30)7-9-19(15)16-6-8-20-21(12-16)27-28-23(20)24-25-13-22(26-24)17-5-4-10-29(14-17)33(2,31)32/h5-9,11-13,30H,3-4,10,14H2,1-2H3,(H,25,26)(H,27,28). The number of hydrogen-bond donors (Lipinski definition) is 3. The minimum atomic E-state index is -3.24.